The Hall–Kier alpha value is -1.27. The van der Waals surface area contributed by atoms with Crippen molar-refractivity contribution in [2.24, 2.45) is 0 Å². The summed E-state index contributed by atoms with van der Waals surface area (Å²) in [5, 5.41) is 15.8. The predicted molar refractivity (Wildman–Crippen MR) is 119 cm³/mol. The van der Waals surface area contributed by atoms with Gasteiger partial charge in [0.05, 0.1) is 12.0 Å². The van der Waals surface area contributed by atoms with Crippen molar-refractivity contribution < 1.29 is 18.7 Å². The third-order valence-electron chi connectivity index (χ3n) is 5.76. The highest BCUT2D eigenvalue weighted by Gasteiger charge is 2.51. The second-order valence-corrected chi connectivity index (χ2v) is 15.7. The van der Waals surface area contributed by atoms with E-state index in [0.717, 1.165) is 0 Å². The van der Waals surface area contributed by atoms with Crippen LogP contribution in [0.1, 0.15) is 40.8 Å². The highest BCUT2D eigenvalue weighted by molar-refractivity contribution is 8.00. The Morgan fingerprint density at radius 3 is 2.60 bits per heavy atom. The summed E-state index contributed by atoms with van der Waals surface area (Å²) >= 11 is 1.50. The van der Waals surface area contributed by atoms with Gasteiger partial charge in [0.25, 0.3) is 0 Å². The van der Waals surface area contributed by atoms with Gasteiger partial charge in [-0.1, -0.05) is 34.6 Å². The molecule has 1 saturated heterocycles. The smallest absolute Gasteiger partial charge is 0.192 e. The third-order valence-corrected chi connectivity index (χ3v) is 11.2. The lowest BCUT2D eigenvalue weighted by molar-refractivity contribution is -0.0497. The summed E-state index contributed by atoms with van der Waals surface area (Å²) in [7, 11) is -2.29. The Morgan fingerprint density at radius 2 is 2.03 bits per heavy atom. The summed E-state index contributed by atoms with van der Waals surface area (Å²) in [6.07, 6.45) is -2.95. The van der Waals surface area contributed by atoms with Crippen LogP contribution >= 0.6 is 11.8 Å². The summed E-state index contributed by atoms with van der Waals surface area (Å²) in [6.45, 7) is 14.1. The molecule has 8 nitrogen and oxygen atoms in total. The van der Waals surface area contributed by atoms with Crippen LogP contribution in [0.15, 0.2) is 11.4 Å². The number of hydrogen-bond acceptors (Lipinski definition) is 8. The van der Waals surface area contributed by atoms with Gasteiger partial charge in [-0.3, -0.25) is 0 Å². The van der Waals surface area contributed by atoms with Crippen LogP contribution in [0.25, 0.3) is 11.0 Å². The minimum absolute atomic E-state index is 0.105. The summed E-state index contributed by atoms with van der Waals surface area (Å²) in [5.74, 6) is 0.288. The lowest BCUT2D eigenvalue weighted by Gasteiger charge is -2.39. The predicted octanol–water partition coefficient (Wildman–Crippen LogP) is 3.53. The minimum Gasteiger partial charge on any atom is -0.408 e. The van der Waals surface area contributed by atoms with E-state index >= 15 is 4.39 Å². The highest BCUT2D eigenvalue weighted by atomic mass is 32.2. The van der Waals surface area contributed by atoms with Crippen molar-refractivity contribution in [3.63, 3.8) is 0 Å². The molecule has 1 fully saturated rings. The number of rotatable bonds is 6. The summed E-state index contributed by atoms with van der Waals surface area (Å²) in [5.41, 5.74) is 6.49. The van der Waals surface area contributed by atoms with Crippen LogP contribution in [0.4, 0.5) is 10.2 Å². The first-order valence-electron chi connectivity index (χ1n) is 10.1. The molecular weight excluding hydrogens is 425 g/mol. The molecule has 2 aromatic heterocycles. The number of hydrogen-bond donors (Lipinski definition) is 2. The molecule has 0 bridgehead atoms. The number of nitrogens with two attached hydrogens (primary N) is 1. The SMILES string of the molecule is CC(C)Sc1nn([C@@H]2O[C@H](CO)C(O[Si](C)(C)C(C)(C)C)[C@@H]2F)c2ncnc(N)c12. The molecule has 0 amide bonds. The van der Waals surface area contributed by atoms with Crippen molar-refractivity contribution in [2.45, 2.75) is 87.6 Å². The molecule has 3 rings (SSSR count). The van der Waals surface area contributed by atoms with Crippen molar-refractivity contribution in [3.8, 4) is 0 Å². The van der Waals surface area contributed by atoms with Crippen molar-refractivity contribution >= 4 is 36.9 Å². The Bertz CT molecular complexity index is 904. The van der Waals surface area contributed by atoms with Crippen LogP contribution in [0.3, 0.4) is 0 Å². The van der Waals surface area contributed by atoms with Gasteiger partial charge in [-0.25, -0.2) is 19.0 Å². The number of nitrogen functional groups attached to an aromatic ring is 1. The maximum atomic E-state index is 15.7. The van der Waals surface area contributed by atoms with Crippen molar-refractivity contribution in [2.75, 3.05) is 12.3 Å². The first kappa shape index (κ1) is 23.4. The zero-order valence-corrected chi connectivity index (χ0v) is 20.4. The molecule has 0 aliphatic carbocycles. The Kier molecular flexibility index (Phi) is 6.50. The number of fused-ring (bicyclic) bond motifs is 1. The topological polar surface area (TPSA) is 108 Å². The number of nitrogens with zero attached hydrogens (tertiary/aromatic N) is 4. The van der Waals surface area contributed by atoms with Crippen molar-refractivity contribution in [3.05, 3.63) is 6.33 Å². The monoisotopic (exact) mass is 457 g/mol. The number of alkyl halides is 1. The van der Waals surface area contributed by atoms with Crippen molar-refractivity contribution in [1.82, 2.24) is 19.7 Å². The Balaban J connectivity index is 2.01. The molecule has 30 heavy (non-hydrogen) atoms. The first-order valence-corrected chi connectivity index (χ1v) is 13.9. The first-order chi connectivity index (χ1) is 13.9. The number of aliphatic hydroxyl groups excluding tert-OH is 1. The molecule has 0 aromatic carbocycles. The molecule has 1 unspecified atom stereocenters. The maximum absolute atomic E-state index is 15.7. The van der Waals surface area contributed by atoms with E-state index in [1.165, 1.54) is 22.8 Å². The number of aromatic nitrogens is 4. The molecule has 11 heteroatoms. The van der Waals surface area contributed by atoms with Gasteiger partial charge in [-0.05, 0) is 18.1 Å². The van der Waals surface area contributed by atoms with Gasteiger partial charge in [0.1, 0.15) is 29.4 Å². The summed E-state index contributed by atoms with van der Waals surface area (Å²) < 4.78 is 29.4. The van der Waals surface area contributed by atoms with E-state index in [1.807, 2.05) is 13.8 Å². The minimum atomic E-state index is -2.29. The quantitative estimate of drug-likeness (QED) is 0.501. The van der Waals surface area contributed by atoms with E-state index in [2.05, 4.69) is 48.9 Å². The average molecular weight is 458 g/mol. The lowest BCUT2D eigenvalue weighted by Crippen LogP contribution is -2.49. The normalized spacial score (nSPS) is 25.5. The number of thioether (sulfide) groups is 1. The van der Waals surface area contributed by atoms with E-state index in [4.69, 9.17) is 14.9 Å². The standard InChI is InChI=1S/C19H32FN5O3SSi/c1-10(2)29-17-12-15(21)22-9-23-16(12)25(24-17)18-13(20)14(11(8-26)27-18)28-30(6,7)19(3,4)5/h9-11,13-14,18,26H,8H2,1-7H3,(H2,21,22,23)/t11-,13+,14?,18-/m1/s1. The summed E-state index contributed by atoms with van der Waals surface area (Å²) in [4.78, 5) is 8.36. The second-order valence-electron chi connectivity index (χ2n) is 9.41. The fourth-order valence-electron chi connectivity index (χ4n) is 3.14. The number of halogens is 1. The largest absolute Gasteiger partial charge is 0.408 e. The van der Waals surface area contributed by atoms with E-state index < -0.39 is 32.9 Å². The van der Waals surface area contributed by atoms with Gasteiger partial charge in [0.15, 0.2) is 26.4 Å². The maximum Gasteiger partial charge on any atom is 0.192 e. The van der Waals surface area contributed by atoms with Gasteiger partial charge < -0.3 is 20.0 Å². The average Bonchev–Trinajstić information content (AvgIpc) is 3.12. The van der Waals surface area contributed by atoms with Gasteiger partial charge in [0, 0.05) is 5.25 Å². The second kappa shape index (κ2) is 8.34. The highest BCUT2D eigenvalue weighted by Crippen LogP contribution is 2.43. The molecule has 168 valence electrons. The van der Waals surface area contributed by atoms with Crippen LogP contribution < -0.4 is 5.73 Å². The number of ether oxygens (including phenoxy) is 1. The molecule has 1 aliphatic rings. The summed E-state index contributed by atoms with van der Waals surface area (Å²) in [6, 6.07) is 0. The van der Waals surface area contributed by atoms with Gasteiger partial charge in [0.2, 0.25) is 0 Å². The lowest BCUT2D eigenvalue weighted by atomic mass is 10.1. The molecule has 3 N–H and O–H groups in total. The zero-order chi connectivity index (χ0) is 22.4. The Morgan fingerprint density at radius 1 is 1.37 bits per heavy atom. The molecule has 0 spiro atoms. The third kappa shape index (κ3) is 4.22. The molecule has 3 heterocycles. The van der Waals surface area contributed by atoms with E-state index in [1.54, 1.807) is 0 Å². The van der Waals surface area contributed by atoms with Gasteiger partial charge >= 0.3 is 0 Å². The molecule has 4 atom stereocenters. The van der Waals surface area contributed by atoms with Gasteiger partial charge in [-0.15, -0.1) is 11.8 Å². The van der Waals surface area contributed by atoms with Crippen LogP contribution in [0.2, 0.25) is 18.1 Å². The number of anilines is 1. The fraction of sp³-hybridized carbons (Fsp3) is 0.737. The van der Waals surface area contributed by atoms with Crippen LogP contribution in [-0.2, 0) is 9.16 Å². The molecular formula is C19H32FN5O3SSi. The zero-order valence-electron chi connectivity index (χ0n) is 18.6. The van der Waals surface area contributed by atoms with Crippen LogP contribution in [0, 0.1) is 0 Å². The molecule has 0 saturated carbocycles. The van der Waals surface area contributed by atoms with E-state index in [-0.39, 0.29) is 22.7 Å². The van der Waals surface area contributed by atoms with E-state index in [0.29, 0.717) is 16.1 Å². The van der Waals surface area contributed by atoms with Crippen molar-refractivity contribution in [1.29, 1.82) is 0 Å². The van der Waals surface area contributed by atoms with Gasteiger partial charge in [-0.2, -0.15) is 5.10 Å². The molecule has 1 aliphatic heterocycles. The molecule has 0 radical (unpaired) electrons. The Labute approximate surface area is 181 Å². The van der Waals surface area contributed by atoms with E-state index in [9.17, 15) is 5.11 Å². The fourth-order valence-corrected chi connectivity index (χ4v) is 5.35. The number of aliphatic hydroxyl groups is 1. The van der Waals surface area contributed by atoms with Crippen LogP contribution in [-0.4, -0.2) is 63.4 Å². The van der Waals surface area contributed by atoms with Crippen LogP contribution in [0.5, 0.6) is 0 Å². The molecule has 2 aromatic rings.